The van der Waals surface area contributed by atoms with Crippen LogP contribution in [0.15, 0.2) is 36.4 Å². The van der Waals surface area contributed by atoms with Crippen molar-refractivity contribution in [1.82, 2.24) is 15.1 Å². The average molecular weight is 344 g/mol. The number of anilines is 1. The molecule has 0 spiro atoms. The Balaban J connectivity index is 1.64. The van der Waals surface area contributed by atoms with Gasteiger partial charge in [-0.15, -0.1) is 10.2 Å². The monoisotopic (exact) mass is 344 g/mol. The Labute approximate surface area is 146 Å². The maximum Gasteiger partial charge on any atom is 0.323 e. The SMILES string of the molecule is COCC1(C)CCN(C(=O)Nc2ccc(-c3ccccc3F)nn2)C1. The smallest absolute Gasteiger partial charge is 0.323 e. The Bertz CT molecular complexity index is 753. The van der Waals surface area contributed by atoms with Crippen LogP contribution in [0.4, 0.5) is 15.0 Å². The van der Waals surface area contributed by atoms with E-state index in [-0.39, 0.29) is 17.3 Å². The van der Waals surface area contributed by atoms with Crippen LogP contribution < -0.4 is 5.32 Å². The van der Waals surface area contributed by atoms with Gasteiger partial charge in [0.1, 0.15) is 5.82 Å². The summed E-state index contributed by atoms with van der Waals surface area (Å²) in [7, 11) is 1.67. The van der Waals surface area contributed by atoms with Crippen molar-refractivity contribution in [2.75, 3.05) is 32.1 Å². The van der Waals surface area contributed by atoms with Crippen LogP contribution in [0.5, 0.6) is 0 Å². The van der Waals surface area contributed by atoms with E-state index < -0.39 is 0 Å². The van der Waals surface area contributed by atoms with Gasteiger partial charge in [0.05, 0.1) is 12.3 Å². The minimum Gasteiger partial charge on any atom is -0.384 e. The number of carbonyl (C=O) groups is 1. The van der Waals surface area contributed by atoms with Gasteiger partial charge in [-0.3, -0.25) is 5.32 Å². The number of ether oxygens (including phenoxy) is 1. The van der Waals surface area contributed by atoms with Gasteiger partial charge in [-0.25, -0.2) is 9.18 Å². The van der Waals surface area contributed by atoms with Gasteiger partial charge in [0.2, 0.25) is 0 Å². The number of halogens is 1. The number of amides is 2. The average Bonchev–Trinajstić information content (AvgIpc) is 2.99. The van der Waals surface area contributed by atoms with Crippen molar-refractivity contribution in [2.24, 2.45) is 5.41 Å². The van der Waals surface area contributed by atoms with Crippen LogP contribution in [0.2, 0.25) is 0 Å². The predicted octanol–water partition coefficient (Wildman–Crippen LogP) is 3.17. The van der Waals surface area contributed by atoms with E-state index in [1.165, 1.54) is 6.07 Å². The van der Waals surface area contributed by atoms with Crippen molar-refractivity contribution in [3.05, 3.63) is 42.2 Å². The molecule has 0 saturated carbocycles. The molecule has 3 rings (SSSR count). The number of methoxy groups -OCH3 is 1. The Hall–Kier alpha value is -2.54. The largest absolute Gasteiger partial charge is 0.384 e. The summed E-state index contributed by atoms with van der Waals surface area (Å²) in [6.07, 6.45) is 0.895. The highest BCUT2D eigenvalue weighted by atomic mass is 19.1. The van der Waals surface area contributed by atoms with Crippen LogP contribution in [-0.2, 0) is 4.74 Å². The first-order valence-electron chi connectivity index (χ1n) is 8.14. The normalized spacial score (nSPS) is 19.9. The third-order valence-electron chi connectivity index (χ3n) is 4.39. The molecule has 1 N–H and O–H groups in total. The van der Waals surface area contributed by atoms with Crippen LogP contribution >= 0.6 is 0 Å². The van der Waals surface area contributed by atoms with E-state index in [4.69, 9.17) is 4.74 Å². The maximum atomic E-state index is 13.8. The number of nitrogens with one attached hydrogen (secondary N) is 1. The third-order valence-corrected chi connectivity index (χ3v) is 4.39. The number of aromatic nitrogens is 2. The van der Waals surface area contributed by atoms with E-state index >= 15 is 0 Å². The molecule has 2 heterocycles. The maximum absolute atomic E-state index is 13.8. The lowest BCUT2D eigenvalue weighted by Crippen LogP contribution is -2.36. The Kier molecular flexibility index (Phi) is 4.94. The molecule has 1 aromatic heterocycles. The summed E-state index contributed by atoms with van der Waals surface area (Å²) in [4.78, 5) is 14.1. The number of benzene rings is 1. The van der Waals surface area contributed by atoms with Crippen molar-refractivity contribution in [2.45, 2.75) is 13.3 Å². The molecule has 2 amide bonds. The molecule has 25 heavy (non-hydrogen) atoms. The molecule has 1 unspecified atom stereocenters. The molecule has 6 nitrogen and oxygen atoms in total. The predicted molar refractivity (Wildman–Crippen MR) is 92.6 cm³/mol. The number of hydrogen-bond acceptors (Lipinski definition) is 4. The summed E-state index contributed by atoms with van der Waals surface area (Å²) in [6, 6.07) is 9.41. The van der Waals surface area contributed by atoms with E-state index in [1.807, 2.05) is 0 Å². The molecule has 1 aliphatic heterocycles. The second-order valence-electron chi connectivity index (χ2n) is 6.63. The highest BCUT2D eigenvalue weighted by molar-refractivity contribution is 5.88. The third kappa shape index (κ3) is 3.93. The number of urea groups is 1. The van der Waals surface area contributed by atoms with E-state index in [2.05, 4.69) is 22.4 Å². The lowest BCUT2D eigenvalue weighted by molar-refractivity contribution is 0.0990. The number of hydrogen-bond donors (Lipinski definition) is 1. The summed E-state index contributed by atoms with van der Waals surface area (Å²) in [5, 5.41) is 10.7. The number of likely N-dealkylation sites (tertiary alicyclic amines) is 1. The molecule has 0 aliphatic carbocycles. The molecule has 2 aromatic rings. The minimum atomic E-state index is -0.358. The molecular weight excluding hydrogens is 323 g/mol. The van der Waals surface area contributed by atoms with Crippen LogP contribution in [0.1, 0.15) is 13.3 Å². The molecule has 1 aliphatic rings. The summed E-state index contributed by atoms with van der Waals surface area (Å²) in [6.45, 7) is 4.03. The van der Waals surface area contributed by atoms with E-state index in [1.54, 1.807) is 42.3 Å². The Morgan fingerprint density at radius 3 is 2.80 bits per heavy atom. The first-order chi connectivity index (χ1) is 12.0. The topological polar surface area (TPSA) is 67.3 Å². The lowest BCUT2D eigenvalue weighted by Gasteiger charge is -2.23. The van der Waals surface area contributed by atoms with Gasteiger partial charge >= 0.3 is 6.03 Å². The van der Waals surface area contributed by atoms with E-state index in [0.717, 1.165) is 6.42 Å². The van der Waals surface area contributed by atoms with Crippen LogP contribution in [0.3, 0.4) is 0 Å². The van der Waals surface area contributed by atoms with Crippen molar-refractivity contribution in [3.63, 3.8) is 0 Å². The standard InChI is InChI=1S/C18H21FN4O2/c1-18(12-25-2)9-10-23(11-18)17(24)20-16-8-7-15(21-22-16)13-5-3-4-6-14(13)19/h3-8H,9-12H2,1-2H3,(H,20,22,24). The van der Waals surface area contributed by atoms with Gasteiger partial charge in [-0.1, -0.05) is 19.1 Å². The Morgan fingerprint density at radius 2 is 2.12 bits per heavy atom. The molecule has 1 atom stereocenters. The second-order valence-corrected chi connectivity index (χ2v) is 6.63. The number of nitrogens with zero attached hydrogens (tertiary/aromatic N) is 3. The van der Waals surface area contributed by atoms with Gasteiger partial charge < -0.3 is 9.64 Å². The zero-order chi connectivity index (χ0) is 17.9. The second kappa shape index (κ2) is 7.14. The van der Waals surface area contributed by atoms with E-state index in [9.17, 15) is 9.18 Å². The molecule has 7 heteroatoms. The van der Waals surface area contributed by atoms with E-state index in [0.29, 0.717) is 36.8 Å². The molecular formula is C18H21FN4O2. The van der Waals surface area contributed by atoms with Crippen molar-refractivity contribution in [3.8, 4) is 11.3 Å². The Morgan fingerprint density at radius 1 is 1.32 bits per heavy atom. The first kappa shape index (κ1) is 17.3. The quantitative estimate of drug-likeness (QED) is 0.925. The molecule has 1 saturated heterocycles. The van der Waals surface area contributed by atoms with Gasteiger partial charge in [-0.05, 0) is 30.7 Å². The van der Waals surface area contributed by atoms with Crippen LogP contribution in [0.25, 0.3) is 11.3 Å². The fourth-order valence-electron chi connectivity index (χ4n) is 3.06. The molecule has 1 aromatic carbocycles. The first-order valence-corrected chi connectivity index (χ1v) is 8.14. The molecule has 0 bridgehead atoms. The fraction of sp³-hybridized carbons (Fsp3) is 0.389. The molecule has 132 valence electrons. The highest BCUT2D eigenvalue weighted by Crippen LogP contribution is 2.30. The van der Waals surface area contributed by atoms with Crippen LogP contribution in [-0.4, -0.2) is 47.9 Å². The summed E-state index contributed by atoms with van der Waals surface area (Å²) < 4.78 is 19.0. The molecule has 0 radical (unpaired) electrons. The number of rotatable bonds is 4. The highest BCUT2D eigenvalue weighted by Gasteiger charge is 2.36. The number of carbonyl (C=O) groups excluding carboxylic acids is 1. The van der Waals surface area contributed by atoms with Crippen molar-refractivity contribution < 1.29 is 13.9 Å². The zero-order valence-electron chi connectivity index (χ0n) is 14.3. The summed E-state index contributed by atoms with van der Waals surface area (Å²) in [5.74, 6) is -0.0199. The van der Waals surface area contributed by atoms with Gasteiger partial charge in [0.15, 0.2) is 5.82 Å². The van der Waals surface area contributed by atoms with Gasteiger partial charge in [0.25, 0.3) is 0 Å². The van der Waals surface area contributed by atoms with Crippen molar-refractivity contribution >= 4 is 11.8 Å². The zero-order valence-corrected chi connectivity index (χ0v) is 14.3. The minimum absolute atomic E-state index is 0.0214. The summed E-state index contributed by atoms with van der Waals surface area (Å²) in [5.41, 5.74) is 0.777. The van der Waals surface area contributed by atoms with Crippen LogP contribution in [0, 0.1) is 11.2 Å². The fourth-order valence-corrected chi connectivity index (χ4v) is 3.06. The van der Waals surface area contributed by atoms with Gasteiger partial charge in [-0.2, -0.15) is 0 Å². The molecule has 1 fully saturated rings. The lowest BCUT2D eigenvalue weighted by atomic mass is 9.91. The summed E-state index contributed by atoms with van der Waals surface area (Å²) >= 11 is 0. The van der Waals surface area contributed by atoms with Gasteiger partial charge in [0, 0.05) is 31.2 Å². The van der Waals surface area contributed by atoms with Crippen molar-refractivity contribution in [1.29, 1.82) is 0 Å².